The average Bonchev–Trinajstić information content (AvgIpc) is 2.29. The van der Waals surface area contributed by atoms with Crippen LogP contribution in [0.2, 0.25) is 0 Å². The minimum absolute atomic E-state index is 0.0587. The number of nitrogens with one attached hydrogen (secondary N) is 1. The molecule has 19 heavy (non-hydrogen) atoms. The topological polar surface area (TPSA) is 59.6 Å². The Balaban J connectivity index is 2.55. The maximum atomic E-state index is 5.83. The second kappa shape index (κ2) is 7.02. The predicted molar refractivity (Wildman–Crippen MR) is 80.7 cm³/mol. The summed E-state index contributed by atoms with van der Waals surface area (Å²) in [5.74, 6) is 1.42. The number of para-hydroxylation sites is 1. The van der Waals surface area contributed by atoms with E-state index < -0.39 is 0 Å². The van der Waals surface area contributed by atoms with Crippen LogP contribution in [0.25, 0.3) is 0 Å². The van der Waals surface area contributed by atoms with Crippen molar-refractivity contribution in [2.24, 2.45) is 10.7 Å². The second-order valence-electron chi connectivity index (χ2n) is 5.43. The lowest BCUT2D eigenvalue weighted by Gasteiger charge is -2.21. The van der Waals surface area contributed by atoms with E-state index >= 15 is 0 Å². The second-order valence-corrected chi connectivity index (χ2v) is 5.43. The Bertz CT molecular complexity index is 422. The number of nitrogens with zero attached hydrogens (tertiary/aromatic N) is 1. The maximum absolute atomic E-state index is 5.83. The fourth-order valence-corrected chi connectivity index (χ4v) is 1.73. The van der Waals surface area contributed by atoms with Crippen LogP contribution in [-0.2, 0) is 6.42 Å². The molecular weight excluding hydrogens is 238 g/mol. The molecule has 1 aromatic carbocycles. The third-order valence-corrected chi connectivity index (χ3v) is 2.44. The smallest absolute Gasteiger partial charge is 0.188 e. The lowest BCUT2D eigenvalue weighted by molar-refractivity contribution is 0.336. The van der Waals surface area contributed by atoms with E-state index in [2.05, 4.69) is 37.1 Å². The Hall–Kier alpha value is -1.71. The lowest BCUT2D eigenvalue weighted by Crippen LogP contribution is -2.45. The van der Waals surface area contributed by atoms with Gasteiger partial charge in [0.1, 0.15) is 5.75 Å². The van der Waals surface area contributed by atoms with Crippen LogP contribution in [0.15, 0.2) is 29.3 Å². The number of aliphatic imine (C=N–C) groups is 1. The van der Waals surface area contributed by atoms with Gasteiger partial charge in [-0.05, 0) is 45.7 Å². The van der Waals surface area contributed by atoms with E-state index in [1.165, 1.54) is 0 Å². The van der Waals surface area contributed by atoms with Crippen molar-refractivity contribution in [3.63, 3.8) is 0 Å². The maximum Gasteiger partial charge on any atom is 0.188 e. The molecule has 0 aliphatic carbocycles. The highest BCUT2D eigenvalue weighted by molar-refractivity contribution is 5.78. The summed E-state index contributed by atoms with van der Waals surface area (Å²) in [5, 5.41) is 3.14. The molecule has 0 aromatic heterocycles. The summed E-state index contributed by atoms with van der Waals surface area (Å²) < 4.78 is 5.58. The Labute approximate surface area is 116 Å². The van der Waals surface area contributed by atoms with Crippen LogP contribution in [0, 0.1) is 0 Å². The molecule has 0 radical (unpaired) electrons. The third kappa shape index (κ3) is 6.13. The molecule has 0 spiro atoms. The van der Waals surface area contributed by atoms with Crippen molar-refractivity contribution in [2.75, 3.05) is 13.2 Å². The highest BCUT2D eigenvalue weighted by atomic mass is 16.5. The number of rotatable bonds is 5. The standard InChI is InChI=1S/C15H25N3O/c1-5-19-13-9-7-6-8-12(13)10-11-17-14(16)18-15(2,3)4/h6-9H,5,10-11H2,1-4H3,(H3,16,17,18). The van der Waals surface area contributed by atoms with Crippen LogP contribution in [0.1, 0.15) is 33.3 Å². The van der Waals surface area contributed by atoms with Crippen molar-refractivity contribution < 1.29 is 4.74 Å². The Morgan fingerprint density at radius 1 is 1.32 bits per heavy atom. The molecule has 3 N–H and O–H groups in total. The summed E-state index contributed by atoms with van der Waals surface area (Å²) in [7, 11) is 0. The number of nitrogens with two attached hydrogens (primary N) is 1. The average molecular weight is 263 g/mol. The normalized spacial score (nSPS) is 12.3. The Kier molecular flexibility index (Phi) is 5.67. The molecule has 0 atom stereocenters. The molecule has 0 heterocycles. The van der Waals surface area contributed by atoms with Gasteiger partial charge in [-0.15, -0.1) is 0 Å². The molecule has 4 nitrogen and oxygen atoms in total. The summed E-state index contributed by atoms with van der Waals surface area (Å²) in [5.41, 5.74) is 6.93. The van der Waals surface area contributed by atoms with Gasteiger partial charge in [-0.3, -0.25) is 4.99 Å². The summed E-state index contributed by atoms with van der Waals surface area (Å²) in [6, 6.07) is 8.04. The minimum atomic E-state index is -0.0587. The molecule has 0 bridgehead atoms. The van der Waals surface area contributed by atoms with Gasteiger partial charge < -0.3 is 15.8 Å². The number of benzene rings is 1. The molecule has 0 saturated carbocycles. The van der Waals surface area contributed by atoms with Crippen molar-refractivity contribution >= 4 is 5.96 Å². The van der Waals surface area contributed by atoms with E-state index in [9.17, 15) is 0 Å². The van der Waals surface area contributed by atoms with Gasteiger partial charge in [-0.2, -0.15) is 0 Å². The zero-order valence-electron chi connectivity index (χ0n) is 12.4. The van der Waals surface area contributed by atoms with Crippen molar-refractivity contribution in [3.05, 3.63) is 29.8 Å². The molecule has 0 aliphatic heterocycles. The van der Waals surface area contributed by atoms with E-state index in [-0.39, 0.29) is 5.54 Å². The SMILES string of the molecule is CCOc1ccccc1CCN=C(N)NC(C)(C)C. The van der Waals surface area contributed by atoms with Gasteiger partial charge in [0.25, 0.3) is 0 Å². The molecule has 1 aromatic rings. The lowest BCUT2D eigenvalue weighted by atomic mass is 10.1. The summed E-state index contributed by atoms with van der Waals surface area (Å²) in [6.45, 7) is 9.48. The van der Waals surface area contributed by atoms with E-state index in [0.717, 1.165) is 17.7 Å². The molecule has 1 rings (SSSR count). The number of ether oxygens (including phenoxy) is 1. The van der Waals surface area contributed by atoms with Crippen LogP contribution < -0.4 is 15.8 Å². The van der Waals surface area contributed by atoms with Crippen molar-refractivity contribution in [1.29, 1.82) is 0 Å². The van der Waals surface area contributed by atoms with Crippen molar-refractivity contribution in [1.82, 2.24) is 5.32 Å². The zero-order chi connectivity index (χ0) is 14.3. The fourth-order valence-electron chi connectivity index (χ4n) is 1.73. The van der Waals surface area contributed by atoms with Crippen LogP contribution in [0.4, 0.5) is 0 Å². The van der Waals surface area contributed by atoms with E-state index in [1.807, 2.05) is 25.1 Å². The van der Waals surface area contributed by atoms with E-state index in [0.29, 0.717) is 19.1 Å². The third-order valence-electron chi connectivity index (χ3n) is 2.44. The first-order chi connectivity index (χ1) is 8.92. The monoisotopic (exact) mass is 263 g/mol. The molecule has 0 saturated heterocycles. The van der Waals surface area contributed by atoms with Crippen LogP contribution in [0.5, 0.6) is 5.75 Å². The Morgan fingerprint density at radius 3 is 2.63 bits per heavy atom. The molecular formula is C15H25N3O. The quantitative estimate of drug-likeness (QED) is 0.633. The molecule has 106 valence electrons. The van der Waals surface area contributed by atoms with Gasteiger partial charge in [-0.1, -0.05) is 18.2 Å². The van der Waals surface area contributed by atoms with Crippen molar-refractivity contribution in [3.8, 4) is 5.75 Å². The van der Waals surface area contributed by atoms with Crippen LogP contribution in [-0.4, -0.2) is 24.7 Å². The molecule has 4 heteroatoms. The molecule has 0 aliphatic rings. The molecule has 0 amide bonds. The molecule has 0 fully saturated rings. The van der Waals surface area contributed by atoms with Gasteiger partial charge in [0, 0.05) is 12.1 Å². The number of hydrogen-bond acceptors (Lipinski definition) is 2. The summed E-state index contributed by atoms with van der Waals surface area (Å²) >= 11 is 0. The number of guanidine groups is 1. The van der Waals surface area contributed by atoms with Gasteiger partial charge in [0.05, 0.1) is 6.61 Å². The van der Waals surface area contributed by atoms with Gasteiger partial charge >= 0.3 is 0 Å². The molecule has 0 unspecified atom stereocenters. The van der Waals surface area contributed by atoms with Crippen LogP contribution >= 0.6 is 0 Å². The first-order valence-corrected chi connectivity index (χ1v) is 6.71. The van der Waals surface area contributed by atoms with E-state index in [4.69, 9.17) is 10.5 Å². The zero-order valence-corrected chi connectivity index (χ0v) is 12.4. The van der Waals surface area contributed by atoms with Crippen LogP contribution in [0.3, 0.4) is 0 Å². The first kappa shape index (κ1) is 15.3. The van der Waals surface area contributed by atoms with Gasteiger partial charge in [0.15, 0.2) is 5.96 Å². The van der Waals surface area contributed by atoms with Gasteiger partial charge in [-0.25, -0.2) is 0 Å². The highest BCUT2D eigenvalue weighted by Crippen LogP contribution is 2.18. The highest BCUT2D eigenvalue weighted by Gasteiger charge is 2.09. The summed E-state index contributed by atoms with van der Waals surface area (Å²) in [6.07, 6.45) is 0.822. The number of hydrogen-bond donors (Lipinski definition) is 2. The van der Waals surface area contributed by atoms with Crippen molar-refractivity contribution in [2.45, 2.75) is 39.7 Å². The Morgan fingerprint density at radius 2 is 2.00 bits per heavy atom. The summed E-state index contributed by atoms with van der Waals surface area (Å²) in [4.78, 5) is 4.33. The first-order valence-electron chi connectivity index (χ1n) is 6.71. The van der Waals surface area contributed by atoms with E-state index in [1.54, 1.807) is 0 Å². The largest absolute Gasteiger partial charge is 0.494 e. The predicted octanol–water partition coefficient (Wildman–Crippen LogP) is 2.33. The van der Waals surface area contributed by atoms with Gasteiger partial charge in [0.2, 0.25) is 0 Å². The minimum Gasteiger partial charge on any atom is -0.494 e. The fraction of sp³-hybridized carbons (Fsp3) is 0.533.